The van der Waals surface area contributed by atoms with Gasteiger partial charge in [0.25, 0.3) is 0 Å². The number of benzene rings is 2. The lowest BCUT2D eigenvalue weighted by molar-refractivity contribution is -0.123. The van der Waals surface area contributed by atoms with Crippen LogP contribution >= 0.6 is 0 Å². The number of aryl methyl sites for hydroxylation is 1. The van der Waals surface area contributed by atoms with Crippen molar-refractivity contribution in [2.45, 2.75) is 31.7 Å². The fraction of sp³-hybridized carbons (Fsp3) is 0.500. The molecular weight excluding hydrogens is 386 g/mol. The van der Waals surface area contributed by atoms with Gasteiger partial charge >= 0.3 is 0 Å². The van der Waals surface area contributed by atoms with Crippen LogP contribution in [0.5, 0.6) is 0 Å². The number of carbonyl (C=O) groups is 1. The Morgan fingerprint density at radius 2 is 1.58 bits per heavy atom. The minimum Gasteiger partial charge on any atom is -0.381 e. The molecule has 2 aromatic carbocycles. The molecule has 2 aliphatic heterocycles. The Hall–Kier alpha value is -2.21. The highest BCUT2D eigenvalue weighted by Crippen LogP contribution is 2.34. The van der Waals surface area contributed by atoms with E-state index >= 15 is 0 Å². The van der Waals surface area contributed by atoms with Crippen molar-refractivity contribution >= 4 is 5.91 Å². The van der Waals surface area contributed by atoms with E-state index in [0.29, 0.717) is 13.1 Å². The zero-order chi connectivity index (χ0) is 21.5. The second-order valence-corrected chi connectivity index (χ2v) is 9.01. The first-order chi connectivity index (χ1) is 15.1. The van der Waals surface area contributed by atoms with E-state index in [-0.39, 0.29) is 11.3 Å². The van der Waals surface area contributed by atoms with Crippen LogP contribution in [0.25, 0.3) is 0 Å². The normalized spacial score (nSPS) is 19.8. The van der Waals surface area contributed by atoms with E-state index in [0.717, 1.165) is 58.8 Å². The lowest BCUT2D eigenvalue weighted by Gasteiger charge is -2.38. The summed E-state index contributed by atoms with van der Waals surface area (Å²) in [6, 6.07) is 19.2. The zero-order valence-corrected chi connectivity index (χ0v) is 18.7. The standard InChI is InChI=1S/C26H35N3O2/c1-22-7-5-6-8-23(22)19-28-13-15-29(16-14-28)20-25(30)27-21-26(11-17-31-18-12-26)24-9-3-2-4-10-24/h2-10H,11-21H2,1H3,(H,27,30). The van der Waals surface area contributed by atoms with Crippen LogP contribution in [0.15, 0.2) is 54.6 Å². The molecule has 0 bridgehead atoms. The van der Waals surface area contributed by atoms with Gasteiger partial charge in [-0.05, 0) is 36.5 Å². The van der Waals surface area contributed by atoms with Crippen molar-refractivity contribution in [2.24, 2.45) is 0 Å². The van der Waals surface area contributed by atoms with Gasteiger partial charge in [-0.25, -0.2) is 0 Å². The fourth-order valence-electron chi connectivity index (χ4n) is 4.78. The van der Waals surface area contributed by atoms with Crippen molar-refractivity contribution in [3.63, 3.8) is 0 Å². The van der Waals surface area contributed by atoms with E-state index in [9.17, 15) is 4.79 Å². The van der Waals surface area contributed by atoms with Crippen LogP contribution in [0.4, 0.5) is 0 Å². The number of nitrogens with zero attached hydrogens (tertiary/aromatic N) is 2. The average molecular weight is 422 g/mol. The highest BCUT2D eigenvalue weighted by Gasteiger charge is 2.34. The predicted octanol–water partition coefficient (Wildman–Crippen LogP) is 2.98. The van der Waals surface area contributed by atoms with E-state index in [2.05, 4.69) is 70.6 Å². The molecule has 0 aliphatic carbocycles. The molecule has 166 valence electrons. The van der Waals surface area contributed by atoms with Gasteiger partial charge in [0.2, 0.25) is 5.91 Å². The first-order valence-electron chi connectivity index (χ1n) is 11.5. The van der Waals surface area contributed by atoms with Crippen LogP contribution in [0.2, 0.25) is 0 Å². The molecule has 1 amide bonds. The lowest BCUT2D eigenvalue weighted by atomic mass is 9.74. The number of nitrogens with one attached hydrogen (secondary N) is 1. The third kappa shape index (κ3) is 5.73. The summed E-state index contributed by atoms with van der Waals surface area (Å²) in [5.74, 6) is 0.133. The Morgan fingerprint density at radius 1 is 0.935 bits per heavy atom. The van der Waals surface area contributed by atoms with Crippen LogP contribution in [-0.4, -0.2) is 68.2 Å². The van der Waals surface area contributed by atoms with Crippen LogP contribution in [0.1, 0.15) is 29.5 Å². The largest absolute Gasteiger partial charge is 0.381 e. The van der Waals surface area contributed by atoms with Gasteiger partial charge < -0.3 is 10.1 Å². The Labute approximate surface area is 186 Å². The molecule has 2 aromatic rings. The second kappa shape index (κ2) is 10.4. The number of hydrogen-bond acceptors (Lipinski definition) is 4. The summed E-state index contributed by atoms with van der Waals surface area (Å²) in [7, 11) is 0. The van der Waals surface area contributed by atoms with Crippen LogP contribution in [0.3, 0.4) is 0 Å². The first kappa shape index (κ1) is 22.0. The van der Waals surface area contributed by atoms with Gasteiger partial charge in [0.1, 0.15) is 0 Å². The molecular formula is C26H35N3O2. The van der Waals surface area contributed by atoms with Gasteiger partial charge in [-0.15, -0.1) is 0 Å². The summed E-state index contributed by atoms with van der Waals surface area (Å²) in [4.78, 5) is 17.5. The molecule has 0 saturated carbocycles. The minimum atomic E-state index is -0.0125. The molecule has 2 fully saturated rings. The molecule has 5 nitrogen and oxygen atoms in total. The molecule has 0 radical (unpaired) electrons. The monoisotopic (exact) mass is 421 g/mol. The zero-order valence-electron chi connectivity index (χ0n) is 18.7. The fourth-order valence-corrected chi connectivity index (χ4v) is 4.78. The molecule has 1 N–H and O–H groups in total. The molecule has 2 aliphatic rings. The summed E-state index contributed by atoms with van der Waals surface area (Å²) in [6.45, 7) is 9.76. The molecule has 5 heteroatoms. The summed E-state index contributed by atoms with van der Waals surface area (Å²) in [6.07, 6.45) is 1.91. The van der Waals surface area contributed by atoms with Gasteiger partial charge in [0.05, 0.1) is 6.54 Å². The van der Waals surface area contributed by atoms with E-state index in [1.807, 2.05) is 6.07 Å². The van der Waals surface area contributed by atoms with Gasteiger partial charge in [-0.1, -0.05) is 54.6 Å². The third-order valence-electron chi connectivity index (χ3n) is 6.95. The van der Waals surface area contributed by atoms with Crippen molar-refractivity contribution in [1.29, 1.82) is 0 Å². The molecule has 2 heterocycles. The van der Waals surface area contributed by atoms with Gasteiger partial charge in [-0.2, -0.15) is 0 Å². The van der Waals surface area contributed by atoms with Crippen molar-refractivity contribution in [3.8, 4) is 0 Å². The van der Waals surface area contributed by atoms with Crippen molar-refractivity contribution < 1.29 is 9.53 Å². The van der Waals surface area contributed by atoms with Crippen LogP contribution < -0.4 is 5.32 Å². The molecule has 0 spiro atoms. The highest BCUT2D eigenvalue weighted by atomic mass is 16.5. The smallest absolute Gasteiger partial charge is 0.234 e. The predicted molar refractivity (Wildman–Crippen MR) is 124 cm³/mol. The maximum atomic E-state index is 12.7. The Morgan fingerprint density at radius 3 is 2.29 bits per heavy atom. The number of piperazine rings is 1. The second-order valence-electron chi connectivity index (χ2n) is 9.01. The first-order valence-corrected chi connectivity index (χ1v) is 11.5. The van der Waals surface area contributed by atoms with Gasteiger partial charge in [-0.3, -0.25) is 14.6 Å². The summed E-state index contributed by atoms with van der Waals surface area (Å²) >= 11 is 0. The number of rotatable bonds is 7. The van der Waals surface area contributed by atoms with E-state index in [1.54, 1.807) is 0 Å². The maximum absolute atomic E-state index is 12.7. The Balaban J connectivity index is 1.25. The lowest BCUT2D eigenvalue weighted by Crippen LogP contribution is -2.51. The van der Waals surface area contributed by atoms with Crippen molar-refractivity contribution in [3.05, 3.63) is 71.3 Å². The Kier molecular flexibility index (Phi) is 7.38. The molecule has 4 rings (SSSR count). The SMILES string of the molecule is Cc1ccccc1CN1CCN(CC(=O)NCC2(c3ccccc3)CCOCC2)CC1. The topological polar surface area (TPSA) is 44.8 Å². The van der Waals surface area contributed by atoms with Crippen molar-refractivity contribution in [2.75, 3.05) is 52.5 Å². The number of carbonyl (C=O) groups excluding carboxylic acids is 1. The molecule has 2 saturated heterocycles. The van der Waals surface area contributed by atoms with Crippen molar-refractivity contribution in [1.82, 2.24) is 15.1 Å². The average Bonchev–Trinajstić information content (AvgIpc) is 2.82. The quantitative estimate of drug-likeness (QED) is 0.747. The van der Waals surface area contributed by atoms with E-state index in [4.69, 9.17) is 4.74 Å². The Bertz CT molecular complexity index is 841. The number of amides is 1. The van der Waals surface area contributed by atoms with Crippen LogP contribution in [-0.2, 0) is 21.5 Å². The number of hydrogen-bond donors (Lipinski definition) is 1. The van der Waals surface area contributed by atoms with Gasteiger partial charge in [0.15, 0.2) is 0 Å². The third-order valence-corrected chi connectivity index (χ3v) is 6.95. The molecule has 31 heavy (non-hydrogen) atoms. The van der Waals surface area contributed by atoms with E-state index < -0.39 is 0 Å². The molecule has 0 aromatic heterocycles. The number of ether oxygens (including phenoxy) is 1. The summed E-state index contributed by atoms with van der Waals surface area (Å²) < 4.78 is 5.61. The molecule has 0 atom stereocenters. The molecule has 0 unspecified atom stereocenters. The van der Waals surface area contributed by atoms with Gasteiger partial charge in [0, 0.05) is 57.9 Å². The summed E-state index contributed by atoms with van der Waals surface area (Å²) in [5.41, 5.74) is 4.05. The highest BCUT2D eigenvalue weighted by molar-refractivity contribution is 5.78. The van der Waals surface area contributed by atoms with E-state index in [1.165, 1.54) is 16.7 Å². The summed E-state index contributed by atoms with van der Waals surface area (Å²) in [5, 5.41) is 3.25. The minimum absolute atomic E-state index is 0.0125. The van der Waals surface area contributed by atoms with Crippen LogP contribution in [0, 0.1) is 6.92 Å². The maximum Gasteiger partial charge on any atom is 0.234 e.